The molecule has 0 amide bonds. The summed E-state index contributed by atoms with van der Waals surface area (Å²) in [5.41, 5.74) is 0.451. The molecule has 1 unspecified atom stereocenters. The van der Waals surface area contributed by atoms with Gasteiger partial charge in [-0.3, -0.25) is 0 Å². The molecule has 5 heteroatoms. The Balaban J connectivity index is 2.28. The van der Waals surface area contributed by atoms with E-state index in [1.54, 1.807) is 6.92 Å². The Morgan fingerprint density at radius 1 is 1.22 bits per heavy atom. The highest BCUT2D eigenvalue weighted by molar-refractivity contribution is 7.89. The van der Waals surface area contributed by atoms with Crippen LogP contribution in [0.4, 0.5) is 0 Å². The van der Waals surface area contributed by atoms with Gasteiger partial charge in [0.25, 0.3) is 0 Å². The zero-order valence-electron chi connectivity index (χ0n) is 12.0. The van der Waals surface area contributed by atoms with E-state index in [9.17, 15) is 8.42 Å². The van der Waals surface area contributed by atoms with Crippen LogP contribution in [0.25, 0.3) is 0 Å². The Kier molecular flexibility index (Phi) is 6.08. The lowest BCUT2D eigenvalue weighted by atomic mass is 9.85. The van der Waals surface area contributed by atoms with Gasteiger partial charge in [0, 0.05) is 19.1 Å². The Hall–Kier alpha value is -0.130. The summed E-state index contributed by atoms with van der Waals surface area (Å²) in [7, 11) is -3.08. The molecule has 1 saturated carbocycles. The maximum Gasteiger partial charge on any atom is 0.212 e. The minimum Gasteiger partial charge on any atom is -0.313 e. The van der Waals surface area contributed by atoms with Gasteiger partial charge in [0.1, 0.15) is 0 Å². The topological polar surface area (TPSA) is 58.2 Å². The van der Waals surface area contributed by atoms with Crippen molar-refractivity contribution in [1.29, 1.82) is 0 Å². The van der Waals surface area contributed by atoms with Crippen molar-refractivity contribution in [2.24, 2.45) is 5.41 Å². The Morgan fingerprint density at radius 2 is 1.94 bits per heavy atom. The van der Waals surface area contributed by atoms with Crippen LogP contribution in [-0.2, 0) is 10.0 Å². The smallest absolute Gasteiger partial charge is 0.212 e. The molecule has 18 heavy (non-hydrogen) atoms. The lowest BCUT2D eigenvalue weighted by molar-refractivity contribution is 0.310. The average Bonchev–Trinajstić information content (AvgIpc) is 2.40. The molecule has 0 radical (unpaired) electrons. The average molecular weight is 276 g/mol. The molecule has 2 N–H and O–H groups in total. The predicted octanol–water partition coefficient (Wildman–Crippen LogP) is 1.87. The summed E-state index contributed by atoms with van der Waals surface area (Å²) in [6, 6.07) is 0.489. The van der Waals surface area contributed by atoms with Crippen LogP contribution in [0.1, 0.15) is 52.9 Å². The number of hydrogen-bond acceptors (Lipinski definition) is 3. The molecule has 1 aliphatic rings. The Labute approximate surface area is 112 Å². The predicted molar refractivity (Wildman–Crippen MR) is 76.1 cm³/mol. The molecule has 0 spiro atoms. The molecule has 4 nitrogen and oxygen atoms in total. The van der Waals surface area contributed by atoms with Crippen molar-refractivity contribution in [3.05, 3.63) is 0 Å². The highest BCUT2D eigenvalue weighted by Gasteiger charge is 2.24. The van der Waals surface area contributed by atoms with E-state index in [0.29, 0.717) is 24.5 Å². The molecule has 0 aromatic heterocycles. The maximum atomic E-state index is 11.5. The van der Waals surface area contributed by atoms with Crippen molar-refractivity contribution < 1.29 is 8.42 Å². The van der Waals surface area contributed by atoms with Crippen molar-refractivity contribution in [3.8, 4) is 0 Å². The third-order valence-electron chi connectivity index (χ3n) is 3.74. The van der Waals surface area contributed by atoms with Gasteiger partial charge in [-0.15, -0.1) is 0 Å². The van der Waals surface area contributed by atoms with Crippen LogP contribution in [0.3, 0.4) is 0 Å². The van der Waals surface area contributed by atoms with E-state index in [1.165, 1.54) is 25.7 Å². The van der Waals surface area contributed by atoms with E-state index in [1.807, 2.05) is 0 Å². The molecule has 0 saturated heterocycles. The SMILES string of the molecule is CCNS(=O)(=O)CCNC1CCCC(C)(C)CC1. The van der Waals surface area contributed by atoms with Gasteiger partial charge in [-0.05, 0) is 31.1 Å². The lowest BCUT2D eigenvalue weighted by Crippen LogP contribution is -2.36. The first-order valence-electron chi connectivity index (χ1n) is 7.05. The first-order valence-corrected chi connectivity index (χ1v) is 8.70. The van der Waals surface area contributed by atoms with Crippen LogP contribution < -0.4 is 10.0 Å². The monoisotopic (exact) mass is 276 g/mol. The lowest BCUT2D eigenvalue weighted by Gasteiger charge is -2.22. The summed E-state index contributed by atoms with van der Waals surface area (Å²) >= 11 is 0. The van der Waals surface area contributed by atoms with Gasteiger partial charge in [0.05, 0.1) is 5.75 Å². The van der Waals surface area contributed by atoms with Crippen LogP contribution in [0.2, 0.25) is 0 Å². The Bertz CT molecular complexity index is 339. The largest absolute Gasteiger partial charge is 0.313 e. The van der Waals surface area contributed by atoms with Crippen LogP contribution in [0, 0.1) is 5.41 Å². The maximum absolute atomic E-state index is 11.5. The zero-order valence-corrected chi connectivity index (χ0v) is 12.8. The summed E-state index contributed by atoms with van der Waals surface area (Å²) in [6.45, 7) is 7.48. The molecule has 0 aromatic rings. The second-order valence-electron chi connectivity index (χ2n) is 6.06. The number of hydrogen-bond donors (Lipinski definition) is 2. The molecular weight excluding hydrogens is 248 g/mol. The third kappa shape index (κ3) is 6.16. The van der Waals surface area contributed by atoms with Crippen molar-refractivity contribution in [2.45, 2.75) is 58.9 Å². The van der Waals surface area contributed by atoms with Gasteiger partial charge in [-0.25, -0.2) is 13.1 Å². The van der Waals surface area contributed by atoms with E-state index in [0.717, 1.165) is 6.42 Å². The molecular formula is C13H28N2O2S. The van der Waals surface area contributed by atoms with Gasteiger partial charge < -0.3 is 5.32 Å². The van der Waals surface area contributed by atoms with E-state index < -0.39 is 10.0 Å². The normalized spacial score (nSPS) is 24.7. The second kappa shape index (κ2) is 6.87. The van der Waals surface area contributed by atoms with Crippen LogP contribution in [0.5, 0.6) is 0 Å². The minimum absolute atomic E-state index is 0.181. The summed E-state index contributed by atoms with van der Waals surface area (Å²) < 4.78 is 25.5. The molecule has 1 atom stereocenters. The second-order valence-corrected chi connectivity index (χ2v) is 7.99. The molecule has 0 aromatic carbocycles. The molecule has 1 rings (SSSR count). The quantitative estimate of drug-likeness (QED) is 0.728. The van der Waals surface area contributed by atoms with Crippen molar-refractivity contribution >= 4 is 10.0 Å². The van der Waals surface area contributed by atoms with E-state index in [2.05, 4.69) is 23.9 Å². The van der Waals surface area contributed by atoms with E-state index in [-0.39, 0.29) is 5.75 Å². The van der Waals surface area contributed by atoms with Crippen molar-refractivity contribution in [1.82, 2.24) is 10.0 Å². The third-order valence-corrected chi connectivity index (χ3v) is 5.21. The van der Waals surface area contributed by atoms with Gasteiger partial charge in [-0.1, -0.05) is 27.2 Å². The summed E-state index contributed by atoms with van der Waals surface area (Å²) in [4.78, 5) is 0. The standard InChI is InChI=1S/C13H28N2O2S/c1-4-15-18(16,17)11-10-14-12-6-5-8-13(2,3)9-7-12/h12,14-15H,4-11H2,1-3H3. The van der Waals surface area contributed by atoms with E-state index in [4.69, 9.17) is 0 Å². The highest BCUT2D eigenvalue weighted by atomic mass is 32.2. The summed E-state index contributed by atoms with van der Waals surface area (Å²) in [5.74, 6) is 0.181. The van der Waals surface area contributed by atoms with Gasteiger partial charge >= 0.3 is 0 Å². The molecule has 1 aliphatic carbocycles. The van der Waals surface area contributed by atoms with E-state index >= 15 is 0 Å². The fourth-order valence-corrected chi connectivity index (χ4v) is 3.53. The molecule has 108 valence electrons. The molecule has 1 fully saturated rings. The highest BCUT2D eigenvalue weighted by Crippen LogP contribution is 2.33. The van der Waals surface area contributed by atoms with Gasteiger partial charge in [0.15, 0.2) is 0 Å². The molecule has 0 bridgehead atoms. The summed E-state index contributed by atoms with van der Waals surface area (Å²) in [6.07, 6.45) is 6.08. The molecule has 0 heterocycles. The fourth-order valence-electron chi connectivity index (χ4n) is 2.55. The number of nitrogens with one attached hydrogen (secondary N) is 2. The fraction of sp³-hybridized carbons (Fsp3) is 1.00. The minimum atomic E-state index is -3.08. The van der Waals surface area contributed by atoms with Crippen LogP contribution in [-0.4, -0.2) is 33.3 Å². The van der Waals surface area contributed by atoms with Crippen molar-refractivity contribution in [2.75, 3.05) is 18.8 Å². The zero-order chi connectivity index (χ0) is 13.6. The number of sulfonamides is 1. The first-order chi connectivity index (χ1) is 8.35. The van der Waals surface area contributed by atoms with Gasteiger partial charge in [-0.2, -0.15) is 0 Å². The summed E-state index contributed by atoms with van der Waals surface area (Å²) in [5, 5.41) is 3.39. The van der Waals surface area contributed by atoms with Gasteiger partial charge in [0.2, 0.25) is 10.0 Å². The number of rotatable bonds is 6. The Morgan fingerprint density at radius 3 is 2.61 bits per heavy atom. The molecule has 0 aliphatic heterocycles. The van der Waals surface area contributed by atoms with Crippen LogP contribution in [0.15, 0.2) is 0 Å². The van der Waals surface area contributed by atoms with Crippen LogP contribution >= 0.6 is 0 Å². The van der Waals surface area contributed by atoms with Crippen molar-refractivity contribution in [3.63, 3.8) is 0 Å². The first kappa shape index (κ1) is 15.9.